The van der Waals surface area contributed by atoms with Crippen molar-refractivity contribution in [1.82, 2.24) is 0 Å². The average molecular weight is 508 g/mol. The van der Waals surface area contributed by atoms with Gasteiger partial charge in [0.2, 0.25) is 0 Å². The van der Waals surface area contributed by atoms with Crippen molar-refractivity contribution in [2.24, 2.45) is 0 Å². The van der Waals surface area contributed by atoms with Gasteiger partial charge in [-0.15, -0.1) is 111 Å². The highest BCUT2D eigenvalue weighted by molar-refractivity contribution is 7.75. The van der Waals surface area contributed by atoms with Gasteiger partial charge in [0.05, 0.1) is 0 Å². The summed E-state index contributed by atoms with van der Waals surface area (Å²) in [6.07, 6.45) is 0. The minimum atomic E-state index is -3.20. The molecule has 0 bridgehead atoms. The maximum absolute atomic E-state index is 6.28. The average Bonchev–Trinajstić information content (AvgIpc) is 1.94. The molecule has 1 atom stereocenters. The lowest BCUT2D eigenvalue weighted by Crippen LogP contribution is -2.44. The molecule has 14 heteroatoms. The summed E-state index contributed by atoms with van der Waals surface area (Å²) >= 11 is 59.4. The Morgan fingerprint density at radius 2 is 1.18 bits per heavy atom. The van der Waals surface area contributed by atoms with E-state index in [9.17, 15) is 0 Å². The molecule has 17 heavy (non-hydrogen) atoms. The molecule has 103 valence electrons. The molecule has 0 aromatic rings. The van der Waals surface area contributed by atoms with Crippen LogP contribution < -0.4 is 0 Å². The Balaban J connectivity index is 4.86. The standard InChI is InChI=1S/C3H5Cl10Si4/c4-14(5)3(17(11,12)13)15(6,7)1-2-16(8,9)10/h3H,1-2H2. The monoisotopic (exact) mass is 503 g/mol. The number of rotatable bonds is 6. The highest BCUT2D eigenvalue weighted by atomic mass is 35.8. The van der Waals surface area contributed by atoms with Crippen LogP contribution in [0.3, 0.4) is 0 Å². The summed E-state index contributed by atoms with van der Waals surface area (Å²) in [7, 11) is -1.96. The van der Waals surface area contributed by atoms with E-state index < -0.39 is 30.9 Å². The molecule has 0 fully saturated rings. The zero-order valence-electron chi connectivity index (χ0n) is 7.77. The van der Waals surface area contributed by atoms with Gasteiger partial charge in [0, 0.05) is 4.79 Å². The van der Waals surface area contributed by atoms with Crippen LogP contribution in [0.1, 0.15) is 0 Å². The van der Waals surface area contributed by atoms with Crippen LogP contribution in [0.4, 0.5) is 0 Å². The molecule has 0 saturated heterocycles. The molecule has 0 rings (SSSR count). The van der Waals surface area contributed by atoms with Gasteiger partial charge in [-0.25, -0.2) is 0 Å². The van der Waals surface area contributed by atoms with Crippen LogP contribution in [0.2, 0.25) is 16.9 Å². The lowest BCUT2D eigenvalue weighted by atomic mass is 11.0. The highest BCUT2D eigenvalue weighted by Crippen LogP contribution is 2.50. The van der Waals surface area contributed by atoms with Gasteiger partial charge >= 0.3 is 12.0 Å². The Morgan fingerprint density at radius 3 is 1.41 bits per heavy atom. The normalized spacial score (nSPS) is 16.4. The Labute approximate surface area is 152 Å². The van der Waals surface area contributed by atoms with E-state index in [1.807, 2.05) is 0 Å². The fourth-order valence-electron chi connectivity index (χ4n) is 0.976. The molecule has 0 aliphatic carbocycles. The van der Waals surface area contributed by atoms with E-state index in [-0.39, 0.29) is 0 Å². The topological polar surface area (TPSA) is 0 Å². The third-order valence-electron chi connectivity index (χ3n) is 1.71. The van der Waals surface area contributed by atoms with Crippen molar-refractivity contribution in [2.45, 2.75) is 16.9 Å². The minimum absolute atomic E-state index is 0.297. The summed E-state index contributed by atoms with van der Waals surface area (Å²) < 4.78 is 0. The van der Waals surface area contributed by atoms with Crippen LogP contribution in [0.15, 0.2) is 0 Å². The van der Waals surface area contributed by atoms with Crippen LogP contribution in [-0.2, 0) is 0 Å². The molecule has 0 aromatic carbocycles. The number of halogens is 10. The molecule has 1 unspecified atom stereocenters. The van der Waals surface area contributed by atoms with Crippen LogP contribution in [0.25, 0.3) is 0 Å². The molecular formula is C3H5Cl10Si4. The second-order valence-electron chi connectivity index (χ2n) is 3.14. The van der Waals surface area contributed by atoms with Gasteiger partial charge in [0.15, 0.2) is 0 Å². The predicted molar refractivity (Wildman–Crippen MR) is 94.9 cm³/mol. The van der Waals surface area contributed by atoms with Gasteiger partial charge in [-0.2, -0.15) is 0 Å². The van der Waals surface area contributed by atoms with E-state index in [1.165, 1.54) is 0 Å². The third kappa shape index (κ3) is 8.71. The van der Waals surface area contributed by atoms with Crippen molar-refractivity contribution in [3.05, 3.63) is 0 Å². The van der Waals surface area contributed by atoms with E-state index in [2.05, 4.69) is 0 Å². The van der Waals surface area contributed by atoms with Crippen LogP contribution in [-0.4, -0.2) is 26.1 Å². The van der Waals surface area contributed by atoms with E-state index in [0.29, 0.717) is 12.1 Å². The largest absolute Gasteiger partial charge is 0.343 e. The Bertz CT molecular complexity index is 243. The van der Waals surface area contributed by atoms with Crippen molar-refractivity contribution >= 4 is 137 Å². The summed E-state index contributed by atoms with van der Waals surface area (Å²) in [4.78, 5) is -0.641. The molecule has 0 nitrogen and oxygen atoms in total. The molecular weight excluding hydrogens is 503 g/mol. The van der Waals surface area contributed by atoms with Gasteiger partial charge in [0.25, 0.3) is 14.1 Å². The fraction of sp³-hybridized carbons (Fsp3) is 1.00. The lowest BCUT2D eigenvalue weighted by molar-refractivity contribution is 1.37. The zero-order chi connectivity index (χ0) is 14.1. The minimum Gasteiger partial charge on any atom is -0.147 e. The van der Waals surface area contributed by atoms with E-state index >= 15 is 0 Å². The van der Waals surface area contributed by atoms with Gasteiger partial charge in [0.1, 0.15) is 0 Å². The molecule has 0 aromatic heterocycles. The molecule has 0 saturated carbocycles. The van der Waals surface area contributed by atoms with Crippen LogP contribution >= 0.6 is 111 Å². The molecule has 0 N–H and O–H groups in total. The first-order valence-electron chi connectivity index (χ1n) is 3.96. The molecule has 0 spiro atoms. The number of hydrogen-bond donors (Lipinski definition) is 0. The van der Waals surface area contributed by atoms with E-state index in [4.69, 9.17) is 111 Å². The van der Waals surface area contributed by atoms with Gasteiger partial charge in [-0.3, -0.25) is 0 Å². The molecule has 0 amide bonds. The number of hydrogen-bond acceptors (Lipinski definition) is 0. The van der Waals surface area contributed by atoms with Crippen LogP contribution in [0, 0.1) is 0 Å². The maximum atomic E-state index is 6.28. The first-order valence-corrected chi connectivity index (χ1v) is 22.2. The zero-order valence-corrected chi connectivity index (χ0v) is 19.3. The SMILES string of the molecule is Cl[Si](Cl)C([Si](Cl)(Cl)Cl)[Si](Cl)(Cl)CC[Si](Cl)(Cl)Cl. The highest BCUT2D eigenvalue weighted by Gasteiger charge is 2.56. The Morgan fingerprint density at radius 1 is 0.765 bits per heavy atom. The van der Waals surface area contributed by atoms with Gasteiger partial charge < -0.3 is 0 Å². The molecule has 1 radical (unpaired) electrons. The maximum Gasteiger partial charge on any atom is 0.343 e. The first-order chi connectivity index (χ1) is 7.27. The Kier molecular flexibility index (Phi) is 9.60. The van der Waals surface area contributed by atoms with Gasteiger partial charge in [-0.05, 0) is 12.1 Å². The van der Waals surface area contributed by atoms with E-state index in [1.54, 1.807) is 0 Å². The summed E-state index contributed by atoms with van der Waals surface area (Å²) in [5.41, 5.74) is 0. The van der Waals surface area contributed by atoms with Gasteiger partial charge in [-0.1, -0.05) is 0 Å². The summed E-state index contributed by atoms with van der Waals surface area (Å²) in [5, 5.41) is 0. The van der Waals surface area contributed by atoms with E-state index in [0.717, 1.165) is 0 Å². The molecule has 0 heterocycles. The summed E-state index contributed by atoms with van der Waals surface area (Å²) in [6.45, 7) is -2.97. The summed E-state index contributed by atoms with van der Waals surface area (Å²) in [6, 6.07) is -5.41. The quantitative estimate of drug-likeness (QED) is 0.279. The van der Waals surface area contributed by atoms with Crippen molar-refractivity contribution in [3.63, 3.8) is 0 Å². The fourth-order valence-corrected chi connectivity index (χ4v) is 40.3. The van der Waals surface area contributed by atoms with Crippen LogP contribution in [0.5, 0.6) is 0 Å². The van der Waals surface area contributed by atoms with Crippen molar-refractivity contribution in [3.8, 4) is 0 Å². The third-order valence-corrected chi connectivity index (χ3v) is 28.3. The lowest BCUT2D eigenvalue weighted by Gasteiger charge is -2.31. The first kappa shape index (κ1) is 20.8. The predicted octanol–water partition coefficient (Wildman–Crippen LogP) is 6.63. The Hall–Kier alpha value is 3.77. The van der Waals surface area contributed by atoms with Crippen molar-refractivity contribution in [2.75, 3.05) is 0 Å². The second kappa shape index (κ2) is 7.86. The second-order valence-corrected chi connectivity index (χ2v) is 34.3. The molecule has 0 aliphatic heterocycles. The van der Waals surface area contributed by atoms with Crippen molar-refractivity contribution in [1.29, 1.82) is 0 Å². The molecule has 0 aliphatic rings. The summed E-state index contributed by atoms with van der Waals surface area (Å²) in [5.74, 6) is 0. The smallest absolute Gasteiger partial charge is 0.147 e. The van der Waals surface area contributed by atoms with Crippen molar-refractivity contribution < 1.29 is 0 Å².